The highest BCUT2D eigenvalue weighted by molar-refractivity contribution is 5.48. The van der Waals surface area contributed by atoms with Crippen molar-refractivity contribution in [2.24, 2.45) is 5.92 Å². The van der Waals surface area contributed by atoms with Crippen molar-refractivity contribution in [3.8, 4) is 0 Å². The van der Waals surface area contributed by atoms with E-state index in [0.717, 1.165) is 57.0 Å². The van der Waals surface area contributed by atoms with Crippen molar-refractivity contribution in [2.45, 2.75) is 25.4 Å². The first-order chi connectivity index (χ1) is 10.7. The highest BCUT2D eigenvalue weighted by Crippen LogP contribution is 2.32. The first kappa shape index (κ1) is 13.8. The van der Waals surface area contributed by atoms with Gasteiger partial charge in [0.25, 0.3) is 0 Å². The number of ether oxygens (including phenoxy) is 1. The van der Waals surface area contributed by atoms with Crippen molar-refractivity contribution in [3.63, 3.8) is 0 Å². The molecule has 3 aliphatic rings. The number of rotatable bonds is 3. The fraction of sp³-hybridized carbons (Fsp3) is 0.625. The quantitative estimate of drug-likeness (QED) is 0.900. The van der Waals surface area contributed by atoms with E-state index >= 15 is 0 Å². The molecule has 6 nitrogen and oxygen atoms in total. The van der Waals surface area contributed by atoms with E-state index in [1.165, 1.54) is 5.57 Å². The molecule has 3 aliphatic heterocycles. The van der Waals surface area contributed by atoms with Gasteiger partial charge in [-0.1, -0.05) is 0 Å². The Morgan fingerprint density at radius 3 is 3.05 bits per heavy atom. The molecule has 0 saturated carbocycles. The molecule has 6 heteroatoms. The van der Waals surface area contributed by atoms with Gasteiger partial charge in [0, 0.05) is 57.9 Å². The largest absolute Gasteiger partial charge is 0.380 e. The van der Waals surface area contributed by atoms with Gasteiger partial charge in [-0.3, -0.25) is 0 Å². The van der Waals surface area contributed by atoms with Crippen LogP contribution in [0, 0.1) is 5.92 Å². The maximum atomic E-state index is 5.93. The molecule has 0 spiro atoms. The van der Waals surface area contributed by atoms with Gasteiger partial charge in [0.1, 0.15) is 5.82 Å². The number of fused-ring (bicyclic) bond motifs is 1. The zero-order chi connectivity index (χ0) is 15.1. The number of nitrogens with two attached hydrogens (primary N) is 1. The fourth-order valence-electron chi connectivity index (χ4n) is 3.78. The molecule has 2 fully saturated rings. The van der Waals surface area contributed by atoms with Gasteiger partial charge in [0.15, 0.2) is 0 Å². The van der Waals surface area contributed by atoms with Crippen LogP contribution in [0.5, 0.6) is 0 Å². The van der Waals surface area contributed by atoms with Crippen LogP contribution in [0.1, 0.15) is 18.5 Å². The average Bonchev–Trinajstić information content (AvgIpc) is 3.14. The van der Waals surface area contributed by atoms with Crippen LogP contribution < -0.4 is 10.6 Å². The lowest BCUT2D eigenvalue weighted by molar-refractivity contribution is 0.110. The molecule has 4 rings (SSSR count). The Bertz CT molecular complexity index is 596. The minimum absolute atomic E-state index is 0.288. The molecule has 22 heavy (non-hydrogen) atoms. The van der Waals surface area contributed by atoms with E-state index in [0.29, 0.717) is 11.9 Å². The summed E-state index contributed by atoms with van der Waals surface area (Å²) in [6, 6.07) is 2.09. The Balaban J connectivity index is 1.52. The van der Waals surface area contributed by atoms with Crippen molar-refractivity contribution in [3.05, 3.63) is 23.5 Å². The molecule has 4 heterocycles. The minimum atomic E-state index is 0.288. The molecule has 0 aromatic carbocycles. The lowest BCUT2D eigenvalue weighted by Gasteiger charge is -2.20. The first-order valence-corrected chi connectivity index (χ1v) is 8.08. The highest BCUT2D eigenvalue weighted by Gasteiger charge is 2.33. The van der Waals surface area contributed by atoms with Crippen LogP contribution in [0.2, 0.25) is 0 Å². The molecule has 118 valence electrons. The maximum Gasteiger partial charge on any atom is 0.222 e. The normalized spacial score (nSPS) is 27.4. The Hall–Kier alpha value is -1.82. The maximum absolute atomic E-state index is 5.93. The Labute approximate surface area is 131 Å². The van der Waals surface area contributed by atoms with E-state index in [1.807, 2.05) is 0 Å². The number of hydrogen-bond acceptors (Lipinski definition) is 6. The van der Waals surface area contributed by atoms with Gasteiger partial charge >= 0.3 is 0 Å². The lowest BCUT2D eigenvalue weighted by Crippen LogP contribution is -2.25. The SMILES string of the molecule is CN1C=C2CN(c3cc(CC4CCCO4)nc(N)n3)CC2C1. The predicted octanol–water partition coefficient (Wildman–Crippen LogP) is 1.05. The molecule has 1 aromatic rings. The van der Waals surface area contributed by atoms with Crippen LogP contribution in [-0.2, 0) is 11.2 Å². The summed E-state index contributed by atoms with van der Waals surface area (Å²) in [6.07, 6.45) is 5.65. The third-order valence-corrected chi connectivity index (χ3v) is 4.80. The molecule has 2 N–H and O–H groups in total. The molecule has 1 aromatic heterocycles. The third kappa shape index (κ3) is 2.63. The molecule has 2 unspecified atom stereocenters. The molecule has 0 radical (unpaired) electrons. The van der Waals surface area contributed by atoms with Crippen LogP contribution in [0.3, 0.4) is 0 Å². The van der Waals surface area contributed by atoms with Crippen LogP contribution >= 0.6 is 0 Å². The molecular formula is C16H23N5O. The second-order valence-corrected chi connectivity index (χ2v) is 6.64. The van der Waals surface area contributed by atoms with Crippen molar-refractivity contribution in [1.82, 2.24) is 14.9 Å². The summed E-state index contributed by atoms with van der Waals surface area (Å²) in [6.45, 7) is 3.94. The van der Waals surface area contributed by atoms with Crippen molar-refractivity contribution >= 4 is 11.8 Å². The van der Waals surface area contributed by atoms with Gasteiger partial charge in [0.2, 0.25) is 5.95 Å². The summed E-state index contributed by atoms with van der Waals surface area (Å²) in [7, 11) is 2.14. The number of anilines is 2. The second kappa shape index (κ2) is 5.43. The van der Waals surface area contributed by atoms with Gasteiger partial charge in [-0.25, -0.2) is 4.98 Å². The molecule has 2 saturated heterocycles. The molecule has 0 amide bonds. The first-order valence-electron chi connectivity index (χ1n) is 8.08. The Morgan fingerprint density at radius 2 is 2.27 bits per heavy atom. The van der Waals surface area contributed by atoms with Gasteiger partial charge in [-0.15, -0.1) is 0 Å². The molecular weight excluding hydrogens is 278 g/mol. The van der Waals surface area contributed by atoms with E-state index in [-0.39, 0.29) is 6.10 Å². The van der Waals surface area contributed by atoms with Crippen molar-refractivity contribution in [1.29, 1.82) is 0 Å². The standard InChI is InChI=1S/C16H23N5O/c1-20-7-11-9-21(10-12(11)8-20)15-6-13(18-16(17)19-15)5-14-3-2-4-22-14/h6-7,12,14H,2-5,8-10H2,1H3,(H2,17,18,19). The van der Waals surface area contributed by atoms with Crippen LogP contribution in [0.15, 0.2) is 17.8 Å². The second-order valence-electron chi connectivity index (χ2n) is 6.64. The third-order valence-electron chi connectivity index (χ3n) is 4.80. The molecule has 2 atom stereocenters. The summed E-state index contributed by atoms with van der Waals surface area (Å²) in [5, 5.41) is 0. The minimum Gasteiger partial charge on any atom is -0.380 e. The van der Waals surface area contributed by atoms with E-state index in [9.17, 15) is 0 Å². The zero-order valence-corrected chi connectivity index (χ0v) is 13.0. The summed E-state index contributed by atoms with van der Waals surface area (Å²) in [5.41, 5.74) is 8.42. The number of nitrogen functional groups attached to an aromatic ring is 1. The van der Waals surface area contributed by atoms with Gasteiger partial charge in [-0.2, -0.15) is 4.98 Å². The summed E-state index contributed by atoms with van der Waals surface area (Å²) in [4.78, 5) is 13.4. The molecule has 0 bridgehead atoms. The number of hydrogen-bond donors (Lipinski definition) is 1. The Morgan fingerprint density at radius 1 is 1.36 bits per heavy atom. The zero-order valence-electron chi connectivity index (χ0n) is 13.0. The summed E-state index contributed by atoms with van der Waals surface area (Å²) < 4.78 is 5.71. The molecule has 0 aliphatic carbocycles. The highest BCUT2D eigenvalue weighted by atomic mass is 16.5. The van der Waals surface area contributed by atoms with Crippen molar-refractivity contribution < 1.29 is 4.74 Å². The van der Waals surface area contributed by atoms with E-state index in [2.05, 4.69) is 39.1 Å². The van der Waals surface area contributed by atoms with Gasteiger partial charge < -0.3 is 20.3 Å². The summed E-state index contributed by atoms with van der Waals surface area (Å²) >= 11 is 0. The number of nitrogens with zero attached hydrogens (tertiary/aromatic N) is 4. The van der Waals surface area contributed by atoms with E-state index in [1.54, 1.807) is 0 Å². The summed E-state index contributed by atoms with van der Waals surface area (Å²) in [5.74, 6) is 1.95. The number of aromatic nitrogens is 2. The van der Waals surface area contributed by atoms with Crippen molar-refractivity contribution in [2.75, 3.05) is 43.9 Å². The van der Waals surface area contributed by atoms with Crippen LogP contribution in [0.25, 0.3) is 0 Å². The lowest BCUT2D eigenvalue weighted by atomic mass is 10.1. The smallest absolute Gasteiger partial charge is 0.222 e. The topological polar surface area (TPSA) is 67.5 Å². The van der Waals surface area contributed by atoms with Crippen LogP contribution in [0.4, 0.5) is 11.8 Å². The fourth-order valence-corrected chi connectivity index (χ4v) is 3.78. The van der Waals surface area contributed by atoms with E-state index in [4.69, 9.17) is 10.5 Å². The van der Waals surface area contributed by atoms with Gasteiger partial charge in [-0.05, 0) is 18.4 Å². The monoisotopic (exact) mass is 301 g/mol. The predicted molar refractivity (Wildman–Crippen MR) is 85.5 cm³/mol. The van der Waals surface area contributed by atoms with Crippen LogP contribution in [-0.4, -0.2) is 54.3 Å². The Kier molecular flexibility index (Phi) is 3.41. The van der Waals surface area contributed by atoms with E-state index < -0.39 is 0 Å². The van der Waals surface area contributed by atoms with Gasteiger partial charge in [0.05, 0.1) is 11.8 Å². The average molecular weight is 301 g/mol.